The van der Waals surface area contributed by atoms with Gasteiger partial charge >= 0.3 is 12.0 Å². The van der Waals surface area contributed by atoms with E-state index in [1.807, 2.05) is 6.92 Å². The van der Waals surface area contributed by atoms with Crippen LogP contribution in [-0.2, 0) is 9.59 Å². The van der Waals surface area contributed by atoms with Crippen molar-refractivity contribution in [2.24, 2.45) is 17.1 Å². The van der Waals surface area contributed by atoms with Gasteiger partial charge in [-0.25, -0.2) is 9.59 Å². The first-order chi connectivity index (χ1) is 9.04. The molecular weight excluding hydrogens is 262 g/mol. The average Bonchev–Trinajstić information content (AvgIpc) is 2.29. The zero-order valence-corrected chi connectivity index (χ0v) is 12.5. The Balaban J connectivity index is 4.27. The van der Waals surface area contributed by atoms with Crippen molar-refractivity contribution in [2.75, 3.05) is 6.54 Å². The van der Waals surface area contributed by atoms with Gasteiger partial charge in [0.25, 0.3) is 0 Å². The van der Waals surface area contributed by atoms with E-state index in [9.17, 15) is 14.4 Å². The second-order valence-electron chi connectivity index (χ2n) is 6.02. The third-order valence-corrected chi connectivity index (χ3v) is 3.33. The molecule has 7 nitrogen and oxygen atoms in total. The highest BCUT2D eigenvalue weighted by Gasteiger charge is 2.23. The molecule has 0 heterocycles. The van der Waals surface area contributed by atoms with Gasteiger partial charge in [0.05, 0.1) is 0 Å². The number of carbonyl (C=O) groups excluding carboxylic acids is 2. The van der Waals surface area contributed by atoms with Crippen molar-refractivity contribution in [3.8, 4) is 0 Å². The molecule has 2 atom stereocenters. The molecule has 0 fully saturated rings. The smallest absolute Gasteiger partial charge is 0.326 e. The van der Waals surface area contributed by atoms with Crippen LogP contribution >= 0.6 is 0 Å². The minimum Gasteiger partial charge on any atom is -0.480 e. The lowest BCUT2D eigenvalue weighted by atomic mass is 9.82. The van der Waals surface area contributed by atoms with Crippen LogP contribution < -0.4 is 16.4 Å². The molecule has 0 saturated heterocycles. The number of carbonyl (C=O) groups is 3. The summed E-state index contributed by atoms with van der Waals surface area (Å²) >= 11 is 0. The van der Waals surface area contributed by atoms with Gasteiger partial charge in [0.15, 0.2) is 0 Å². The predicted octanol–water partition coefficient (Wildman–Crippen LogP) is 0.687. The number of rotatable bonds is 7. The van der Waals surface area contributed by atoms with Crippen LogP contribution in [0.5, 0.6) is 0 Å². The Morgan fingerprint density at radius 2 is 1.80 bits per heavy atom. The van der Waals surface area contributed by atoms with E-state index in [-0.39, 0.29) is 24.2 Å². The van der Waals surface area contributed by atoms with E-state index < -0.39 is 23.9 Å². The standard InChI is InChI=1S/C13H25N3O4/c1-8(13(2,3)4)7-15-12(20)16-9(11(18)19)5-6-10(14)17/h8-9H,5-7H2,1-4H3,(H2,14,17)(H,18,19)(H2,15,16,20)/t8?,9-/m0/s1. The Morgan fingerprint density at radius 3 is 2.20 bits per heavy atom. The van der Waals surface area contributed by atoms with Crippen LogP contribution in [0.2, 0.25) is 0 Å². The van der Waals surface area contributed by atoms with Gasteiger partial charge in [-0.15, -0.1) is 0 Å². The van der Waals surface area contributed by atoms with E-state index in [2.05, 4.69) is 31.4 Å². The average molecular weight is 287 g/mol. The molecule has 7 heteroatoms. The van der Waals surface area contributed by atoms with Crippen LogP contribution in [0.3, 0.4) is 0 Å². The topological polar surface area (TPSA) is 122 Å². The van der Waals surface area contributed by atoms with Crippen LogP contribution in [0, 0.1) is 11.3 Å². The zero-order valence-electron chi connectivity index (χ0n) is 12.5. The summed E-state index contributed by atoms with van der Waals surface area (Å²) in [4.78, 5) is 33.2. The van der Waals surface area contributed by atoms with Gasteiger partial charge in [-0.1, -0.05) is 27.7 Å². The zero-order chi connectivity index (χ0) is 15.9. The van der Waals surface area contributed by atoms with Gasteiger partial charge in [0.2, 0.25) is 5.91 Å². The lowest BCUT2D eigenvalue weighted by Gasteiger charge is -2.27. The Morgan fingerprint density at radius 1 is 1.25 bits per heavy atom. The van der Waals surface area contributed by atoms with E-state index >= 15 is 0 Å². The maximum Gasteiger partial charge on any atom is 0.326 e. The van der Waals surface area contributed by atoms with E-state index in [0.29, 0.717) is 6.54 Å². The molecule has 0 aliphatic rings. The molecule has 0 bridgehead atoms. The molecule has 0 spiro atoms. The van der Waals surface area contributed by atoms with Crippen molar-refractivity contribution in [1.82, 2.24) is 10.6 Å². The summed E-state index contributed by atoms with van der Waals surface area (Å²) in [5.74, 6) is -1.55. The minimum atomic E-state index is -1.19. The molecule has 0 aliphatic carbocycles. The monoisotopic (exact) mass is 287 g/mol. The number of hydrogen-bond acceptors (Lipinski definition) is 3. The minimum absolute atomic E-state index is 0.0209. The highest BCUT2D eigenvalue weighted by atomic mass is 16.4. The van der Waals surface area contributed by atoms with Gasteiger partial charge in [0, 0.05) is 13.0 Å². The first-order valence-corrected chi connectivity index (χ1v) is 6.59. The highest BCUT2D eigenvalue weighted by Crippen LogP contribution is 2.24. The van der Waals surface area contributed by atoms with E-state index in [0.717, 1.165) is 0 Å². The quantitative estimate of drug-likeness (QED) is 0.550. The molecule has 0 saturated carbocycles. The first kappa shape index (κ1) is 18.2. The largest absolute Gasteiger partial charge is 0.480 e. The van der Waals surface area contributed by atoms with E-state index in [4.69, 9.17) is 10.8 Å². The molecule has 1 unspecified atom stereocenters. The van der Waals surface area contributed by atoms with Crippen molar-refractivity contribution in [1.29, 1.82) is 0 Å². The molecule has 0 aromatic carbocycles. The number of amides is 3. The molecule has 0 radical (unpaired) electrons. The van der Waals surface area contributed by atoms with E-state index in [1.165, 1.54) is 0 Å². The number of nitrogens with two attached hydrogens (primary N) is 1. The normalized spacial score (nSPS) is 14.2. The lowest BCUT2D eigenvalue weighted by Crippen LogP contribution is -2.47. The third kappa shape index (κ3) is 7.60. The Labute approximate surface area is 119 Å². The van der Waals surface area contributed by atoms with Crippen LogP contribution in [0.4, 0.5) is 4.79 Å². The second kappa shape index (κ2) is 7.72. The van der Waals surface area contributed by atoms with Gasteiger partial charge < -0.3 is 21.5 Å². The van der Waals surface area contributed by atoms with Crippen LogP contribution in [-0.4, -0.2) is 35.6 Å². The van der Waals surface area contributed by atoms with Crippen molar-refractivity contribution in [3.05, 3.63) is 0 Å². The number of aliphatic carboxylic acids is 1. The second-order valence-corrected chi connectivity index (χ2v) is 6.02. The summed E-state index contributed by atoms with van der Waals surface area (Å²) in [5.41, 5.74) is 5.00. The molecule has 3 amide bonds. The van der Waals surface area contributed by atoms with Crippen LogP contribution in [0.1, 0.15) is 40.5 Å². The summed E-state index contributed by atoms with van der Waals surface area (Å²) in [5, 5.41) is 13.9. The number of hydrogen-bond donors (Lipinski definition) is 4. The molecule has 5 N–H and O–H groups in total. The molecular formula is C13H25N3O4. The fourth-order valence-corrected chi connectivity index (χ4v) is 1.31. The molecule has 20 heavy (non-hydrogen) atoms. The summed E-state index contributed by atoms with van der Waals surface area (Å²) in [6.45, 7) is 8.62. The van der Waals surface area contributed by atoms with Crippen molar-refractivity contribution in [2.45, 2.75) is 46.6 Å². The molecule has 0 aromatic rings. The Bertz CT molecular complexity index is 363. The number of urea groups is 1. The summed E-state index contributed by atoms with van der Waals surface area (Å²) in [6.07, 6.45) is -0.109. The van der Waals surface area contributed by atoms with Crippen LogP contribution in [0.15, 0.2) is 0 Å². The molecule has 0 rings (SSSR count). The number of primary amides is 1. The Hall–Kier alpha value is -1.79. The SMILES string of the molecule is CC(CNC(=O)N[C@@H](CCC(N)=O)C(=O)O)C(C)(C)C. The van der Waals surface area contributed by atoms with Gasteiger partial charge in [0.1, 0.15) is 6.04 Å². The first-order valence-electron chi connectivity index (χ1n) is 6.59. The molecule has 0 aromatic heterocycles. The molecule has 0 aliphatic heterocycles. The van der Waals surface area contributed by atoms with Crippen LogP contribution in [0.25, 0.3) is 0 Å². The maximum atomic E-state index is 11.6. The summed E-state index contributed by atoms with van der Waals surface area (Å²) in [7, 11) is 0. The van der Waals surface area contributed by atoms with Gasteiger partial charge in [-0.2, -0.15) is 0 Å². The van der Waals surface area contributed by atoms with Crippen molar-refractivity contribution in [3.63, 3.8) is 0 Å². The maximum absolute atomic E-state index is 11.6. The third-order valence-electron chi connectivity index (χ3n) is 3.33. The predicted molar refractivity (Wildman–Crippen MR) is 75.0 cm³/mol. The number of carboxylic acids is 1. The molecule has 116 valence electrons. The highest BCUT2D eigenvalue weighted by molar-refractivity contribution is 5.83. The van der Waals surface area contributed by atoms with Crippen molar-refractivity contribution < 1.29 is 19.5 Å². The van der Waals surface area contributed by atoms with Crippen molar-refractivity contribution >= 4 is 17.9 Å². The number of carboxylic acid groups (broad SMARTS) is 1. The number of nitrogens with one attached hydrogen (secondary N) is 2. The van der Waals surface area contributed by atoms with Gasteiger partial charge in [-0.3, -0.25) is 4.79 Å². The summed E-state index contributed by atoms with van der Waals surface area (Å²) < 4.78 is 0. The fraction of sp³-hybridized carbons (Fsp3) is 0.769. The lowest BCUT2D eigenvalue weighted by molar-refractivity contribution is -0.139. The van der Waals surface area contributed by atoms with Gasteiger partial charge in [-0.05, 0) is 17.8 Å². The Kier molecular flexibility index (Phi) is 7.02. The fourth-order valence-electron chi connectivity index (χ4n) is 1.31. The summed E-state index contributed by atoms with van der Waals surface area (Å²) in [6, 6.07) is -1.68. The van der Waals surface area contributed by atoms with E-state index in [1.54, 1.807) is 0 Å².